The van der Waals surface area contributed by atoms with E-state index in [0.717, 1.165) is 27.8 Å². The molecule has 0 spiro atoms. The summed E-state index contributed by atoms with van der Waals surface area (Å²) in [4.78, 5) is 20.9. The molecule has 0 atom stereocenters. The summed E-state index contributed by atoms with van der Waals surface area (Å²) in [6.07, 6.45) is 2.52. The van der Waals surface area contributed by atoms with Gasteiger partial charge in [-0.25, -0.2) is 14.8 Å². The number of carboxylic acids is 1. The third kappa shape index (κ3) is 3.39. The van der Waals surface area contributed by atoms with Crippen molar-refractivity contribution in [2.75, 3.05) is 5.32 Å². The summed E-state index contributed by atoms with van der Waals surface area (Å²) in [5.41, 5.74) is 4.36. The van der Waals surface area contributed by atoms with Crippen LogP contribution in [0.5, 0.6) is 0 Å². The summed E-state index contributed by atoms with van der Waals surface area (Å²) < 4.78 is 0. The summed E-state index contributed by atoms with van der Waals surface area (Å²) in [5.74, 6) is -0.294. The Labute approximate surface area is 160 Å². The monoisotopic (exact) mass is 375 g/mol. The van der Waals surface area contributed by atoms with Gasteiger partial charge < -0.3 is 10.4 Å². The van der Waals surface area contributed by atoms with Crippen molar-refractivity contribution in [1.29, 1.82) is 0 Å². The van der Waals surface area contributed by atoms with Crippen molar-refractivity contribution < 1.29 is 9.90 Å². The fourth-order valence-corrected chi connectivity index (χ4v) is 3.88. The lowest BCUT2D eigenvalue weighted by atomic mass is 10.0. The Kier molecular flexibility index (Phi) is 4.56. The Morgan fingerprint density at radius 3 is 2.70 bits per heavy atom. The van der Waals surface area contributed by atoms with Gasteiger partial charge in [-0.2, -0.15) is 0 Å². The maximum atomic E-state index is 11.2. The third-order valence-electron chi connectivity index (χ3n) is 4.42. The van der Waals surface area contributed by atoms with E-state index in [2.05, 4.69) is 51.9 Å². The number of aromatic nitrogens is 2. The number of rotatable bonds is 5. The molecule has 0 aliphatic heterocycles. The zero-order valence-corrected chi connectivity index (χ0v) is 15.5. The van der Waals surface area contributed by atoms with Gasteiger partial charge in [0, 0.05) is 16.6 Å². The second-order valence-electron chi connectivity index (χ2n) is 6.11. The van der Waals surface area contributed by atoms with Gasteiger partial charge in [-0.05, 0) is 35.7 Å². The smallest absolute Gasteiger partial charge is 0.335 e. The van der Waals surface area contributed by atoms with Crippen molar-refractivity contribution >= 4 is 39.0 Å². The number of nitrogens with zero attached hydrogens (tertiary/aromatic N) is 2. The second-order valence-corrected chi connectivity index (χ2v) is 6.97. The second kappa shape index (κ2) is 7.17. The fourth-order valence-electron chi connectivity index (χ4n) is 2.97. The van der Waals surface area contributed by atoms with Crippen LogP contribution in [-0.2, 0) is 6.42 Å². The summed E-state index contributed by atoms with van der Waals surface area (Å²) >= 11 is 1.57. The van der Waals surface area contributed by atoms with Gasteiger partial charge in [-0.15, -0.1) is 11.3 Å². The predicted octanol–water partition coefficient (Wildman–Crippen LogP) is 5.36. The Morgan fingerprint density at radius 1 is 1.15 bits per heavy atom. The molecule has 4 aromatic rings. The first-order valence-corrected chi connectivity index (χ1v) is 9.45. The fraction of sp³-hybridized carbons (Fsp3) is 0.0952. The van der Waals surface area contributed by atoms with Crippen molar-refractivity contribution in [1.82, 2.24) is 9.97 Å². The Balaban J connectivity index is 1.78. The molecule has 5 nitrogen and oxygen atoms in total. The number of fused-ring (bicyclic) bond motifs is 1. The number of hydrogen-bond acceptors (Lipinski definition) is 5. The SMILES string of the molecule is CCc1ccc(-c2csc3ncnc(Nc4cccc(C(=O)O)c4)c23)cc1. The van der Waals surface area contributed by atoms with E-state index in [1.165, 1.54) is 11.9 Å². The highest BCUT2D eigenvalue weighted by atomic mass is 32.1. The Morgan fingerprint density at radius 2 is 1.96 bits per heavy atom. The molecular weight excluding hydrogens is 358 g/mol. The van der Waals surface area contributed by atoms with E-state index < -0.39 is 5.97 Å². The molecule has 4 rings (SSSR count). The molecule has 6 heteroatoms. The van der Waals surface area contributed by atoms with E-state index in [4.69, 9.17) is 0 Å². The van der Waals surface area contributed by atoms with Gasteiger partial charge in [0.1, 0.15) is 17.0 Å². The van der Waals surface area contributed by atoms with E-state index in [1.807, 2.05) is 6.07 Å². The molecule has 0 saturated carbocycles. The minimum Gasteiger partial charge on any atom is -0.478 e. The summed E-state index contributed by atoms with van der Waals surface area (Å²) in [7, 11) is 0. The molecule has 2 heterocycles. The standard InChI is InChI=1S/C21H17N3O2S/c1-2-13-6-8-14(9-7-13)17-11-27-20-18(17)19(22-12-23-20)24-16-5-3-4-15(10-16)21(25)26/h3-12H,2H2,1H3,(H,25,26)(H,22,23,24). The van der Waals surface area contributed by atoms with Crippen molar-refractivity contribution in [3.8, 4) is 11.1 Å². The highest BCUT2D eigenvalue weighted by molar-refractivity contribution is 7.17. The predicted molar refractivity (Wildman–Crippen MR) is 109 cm³/mol. The first kappa shape index (κ1) is 17.2. The van der Waals surface area contributed by atoms with Crippen LogP contribution in [0.15, 0.2) is 60.2 Å². The van der Waals surface area contributed by atoms with Gasteiger partial charge >= 0.3 is 5.97 Å². The van der Waals surface area contributed by atoms with Crippen molar-refractivity contribution in [2.24, 2.45) is 0 Å². The zero-order chi connectivity index (χ0) is 18.8. The van der Waals surface area contributed by atoms with Crippen LogP contribution < -0.4 is 5.32 Å². The summed E-state index contributed by atoms with van der Waals surface area (Å²) in [6.45, 7) is 2.14. The molecule has 0 amide bonds. The lowest BCUT2D eigenvalue weighted by molar-refractivity contribution is 0.0697. The number of aromatic carboxylic acids is 1. The molecule has 0 fully saturated rings. The number of hydrogen-bond donors (Lipinski definition) is 2. The molecule has 0 bridgehead atoms. The average Bonchev–Trinajstić information content (AvgIpc) is 3.13. The van der Waals surface area contributed by atoms with Crippen molar-refractivity contribution in [3.63, 3.8) is 0 Å². The molecule has 0 aliphatic rings. The molecule has 2 N–H and O–H groups in total. The number of anilines is 2. The summed E-state index contributed by atoms with van der Waals surface area (Å²) in [6, 6.07) is 15.2. The van der Waals surface area contributed by atoms with E-state index in [0.29, 0.717) is 11.5 Å². The highest BCUT2D eigenvalue weighted by Crippen LogP contribution is 2.37. The highest BCUT2D eigenvalue weighted by Gasteiger charge is 2.14. The number of aryl methyl sites for hydroxylation is 1. The van der Waals surface area contributed by atoms with Crippen molar-refractivity contribution in [3.05, 3.63) is 71.4 Å². The van der Waals surface area contributed by atoms with Crippen LogP contribution in [0.25, 0.3) is 21.3 Å². The summed E-state index contributed by atoms with van der Waals surface area (Å²) in [5, 5.41) is 15.5. The molecule has 134 valence electrons. The van der Waals surface area contributed by atoms with Gasteiger partial charge in [0.25, 0.3) is 0 Å². The van der Waals surface area contributed by atoms with E-state index >= 15 is 0 Å². The number of carboxylic acid groups (broad SMARTS) is 1. The van der Waals surface area contributed by atoms with Gasteiger partial charge in [0.05, 0.1) is 10.9 Å². The van der Waals surface area contributed by atoms with Crippen LogP contribution in [0.3, 0.4) is 0 Å². The van der Waals surface area contributed by atoms with Crippen LogP contribution >= 0.6 is 11.3 Å². The molecule has 0 radical (unpaired) electrons. The third-order valence-corrected chi connectivity index (χ3v) is 5.30. The quantitative estimate of drug-likeness (QED) is 0.491. The minimum atomic E-state index is -0.960. The van der Waals surface area contributed by atoms with E-state index in [-0.39, 0.29) is 5.56 Å². The Hall–Kier alpha value is -3.25. The molecule has 0 aliphatic carbocycles. The average molecular weight is 375 g/mol. The normalized spacial score (nSPS) is 10.9. The van der Waals surface area contributed by atoms with Gasteiger partial charge in [0.2, 0.25) is 0 Å². The lowest BCUT2D eigenvalue weighted by Crippen LogP contribution is -1.99. The van der Waals surface area contributed by atoms with Crippen molar-refractivity contribution in [2.45, 2.75) is 13.3 Å². The first-order chi connectivity index (χ1) is 13.2. The van der Waals surface area contributed by atoms with Gasteiger partial charge in [-0.3, -0.25) is 0 Å². The maximum absolute atomic E-state index is 11.2. The topological polar surface area (TPSA) is 75.1 Å². The number of benzene rings is 2. The maximum Gasteiger partial charge on any atom is 0.335 e. The molecule has 27 heavy (non-hydrogen) atoms. The molecular formula is C21H17N3O2S. The minimum absolute atomic E-state index is 0.228. The zero-order valence-electron chi connectivity index (χ0n) is 14.6. The molecule has 0 unspecified atom stereocenters. The lowest BCUT2D eigenvalue weighted by Gasteiger charge is -2.09. The largest absolute Gasteiger partial charge is 0.478 e. The van der Waals surface area contributed by atoms with Gasteiger partial charge in [0.15, 0.2) is 0 Å². The molecule has 0 saturated heterocycles. The van der Waals surface area contributed by atoms with Gasteiger partial charge in [-0.1, -0.05) is 37.3 Å². The van der Waals surface area contributed by atoms with Crippen LogP contribution in [0, 0.1) is 0 Å². The van der Waals surface area contributed by atoms with Crippen LogP contribution in [0.4, 0.5) is 11.5 Å². The Bertz CT molecular complexity index is 1120. The number of thiophene rings is 1. The number of nitrogens with one attached hydrogen (secondary N) is 1. The number of carbonyl (C=O) groups is 1. The first-order valence-electron chi connectivity index (χ1n) is 8.57. The van der Waals surface area contributed by atoms with E-state index in [1.54, 1.807) is 29.5 Å². The van der Waals surface area contributed by atoms with Crippen LogP contribution in [0.1, 0.15) is 22.8 Å². The van der Waals surface area contributed by atoms with E-state index in [9.17, 15) is 9.90 Å². The molecule has 2 aromatic heterocycles. The molecule has 2 aromatic carbocycles. The van der Waals surface area contributed by atoms with Crippen LogP contribution in [-0.4, -0.2) is 21.0 Å². The van der Waals surface area contributed by atoms with Crippen LogP contribution in [0.2, 0.25) is 0 Å².